The van der Waals surface area contributed by atoms with Gasteiger partial charge in [0.05, 0.1) is 0 Å². The molecule has 2 unspecified atom stereocenters. The van der Waals surface area contributed by atoms with E-state index in [4.69, 9.17) is 9.84 Å². The number of rotatable bonds is 6. The summed E-state index contributed by atoms with van der Waals surface area (Å²) >= 11 is 0. The Hall–Kier alpha value is -2.50. The fraction of sp³-hybridized carbons (Fsp3) is 0.500. The van der Waals surface area contributed by atoms with Crippen molar-refractivity contribution in [1.82, 2.24) is 0 Å². The topological polar surface area (TPSA) is 87.1 Å². The summed E-state index contributed by atoms with van der Waals surface area (Å²) in [5.74, 6) is -1.63. The van der Waals surface area contributed by atoms with E-state index >= 15 is 0 Å². The molecule has 0 spiro atoms. The van der Waals surface area contributed by atoms with Crippen LogP contribution in [0.5, 0.6) is 5.75 Å². The third kappa shape index (κ3) is 4.36. The molecule has 1 aromatic rings. The van der Waals surface area contributed by atoms with E-state index in [9.17, 15) is 14.7 Å². The van der Waals surface area contributed by atoms with Gasteiger partial charge in [0.2, 0.25) is 0 Å². The van der Waals surface area contributed by atoms with Gasteiger partial charge in [0.25, 0.3) is 0 Å². The number of phenolic OH excluding ortho intramolecular Hbond substituents is 1. The van der Waals surface area contributed by atoms with Gasteiger partial charge in [-0.2, -0.15) is 0 Å². The Morgan fingerprint density at radius 1 is 1.31 bits per heavy atom. The number of carbonyl (C=O) groups is 2. The van der Waals surface area contributed by atoms with E-state index in [-0.39, 0.29) is 11.7 Å². The summed E-state index contributed by atoms with van der Waals surface area (Å²) in [6.07, 6.45) is 5.99. The number of carboxylic acids is 1. The van der Waals surface area contributed by atoms with E-state index in [1.54, 1.807) is 12.1 Å². The SMILES string of the molecule is CCC1(OC(=O)C=CC(=O)O)CCCCC1c1ccc(O)cc1N(C)C. The van der Waals surface area contributed by atoms with Gasteiger partial charge in [0.1, 0.15) is 11.4 Å². The van der Waals surface area contributed by atoms with Gasteiger partial charge in [0.15, 0.2) is 0 Å². The molecular formula is C20H27NO5. The van der Waals surface area contributed by atoms with Crippen molar-refractivity contribution in [3.05, 3.63) is 35.9 Å². The summed E-state index contributed by atoms with van der Waals surface area (Å²) in [6.45, 7) is 1.99. The van der Waals surface area contributed by atoms with Crippen molar-refractivity contribution in [2.45, 2.75) is 50.5 Å². The number of carboxylic acid groups (broad SMARTS) is 1. The van der Waals surface area contributed by atoms with Crippen LogP contribution < -0.4 is 4.90 Å². The number of aliphatic carboxylic acids is 1. The quantitative estimate of drug-likeness (QED) is 0.596. The molecule has 1 aliphatic rings. The lowest BCUT2D eigenvalue weighted by atomic mass is 9.70. The number of aromatic hydroxyl groups is 1. The molecule has 2 atom stereocenters. The van der Waals surface area contributed by atoms with Crippen LogP contribution >= 0.6 is 0 Å². The normalized spacial score (nSPS) is 23.0. The number of hydrogen-bond donors (Lipinski definition) is 2. The van der Waals surface area contributed by atoms with Gasteiger partial charge in [-0.3, -0.25) is 0 Å². The monoisotopic (exact) mass is 361 g/mol. The second-order valence-electron chi connectivity index (χ2n) is 6.95. The Balaban J connectivity index is 2.41. The van der Waals surface area contributed by atoms with E-state index in [1.165, 1.54) is 0 Å². The van der Waals surface area contributed by atoms with Crippen LogP contribution in [-0.2, 0) is 14.3 Å². The second kappa shape index (κ2) is 8.25. The third-order valence-corrected chi connectivity index (χ3v) is 5.11. The van der Waals surface area contributed by atoms with Crippen molar-refractivity contribution in [3.63, 3.8) is 0 Å². The highest BCUT2D eigenvalue weighted by Crippen LogP contribution is 2.48. The lowest BCUT2D eigenvalue weighted by Gasteiger charge is -2.44. The summed E-state index contributed by atoms with van der Waals surface area (Å²) in [5, 5.41) is 18.6. The summed E-state index contributed by atoms with van der Waals surface area (Å²) in [7, 11) is 3.83. The van der Waals surface area contributed by atoms with Crippen LogP contribution in [0.1, 0.15) is 50.5 Å². The maximum atomic E-state index is 12.2. The number of ether oxygens (including phenoxy) is 1. The van der Waals surface area contributed by atoms with Crippen LogP contribution in [0.2, 0.25) is 0 Å². The number of anilines is 1. The first-order valence-electron chi connectivity index (χ1n) is 8.93. The van der Waals surface area contributed by atoms with Crippen molar-refractivity contribution < 1.29 is 24.5 Å². The van der Waals surface area contributed by atoms with Crippen LogP contribution in [0.4, 0.5) is 5.69 Å². The van der Waals surface area contributed by atoms with Gasteiger partial charge in [-0.1, -0.05) is 19.4 Å². The fourth-order valence-corrected chi connectivity index (χ4v) is 3.85. The minimum absolute atomic E-state index is 0.0126. The predicted molar refractivity (Wildman–Crippen MR) is 99.5 cm³/mol. The molecule has 2 N–H and O–H groups in total. The molecule has 1 fully saturated rings. The molecule has 6 heteroatoms. The largest absolute Gasteiger partial charge is 0.508 e. The number of nitrogens with zero attached hydrogens (tertiary/aromatic N) is 1. The molecule has 26 heavy (non-hydrogen) atoms. The van der Waals surface area contributed by atoms with Crippen LogP contribution in [0, 0.1) is 0 Å². The zero-order chi connectivity index (χ0) is 19.3. The predicted octanol–water partition coefficient (Wildman–Crippen LogP) is 3.45. The highest BCUT2D eigenvalue weighted by atomic mass is 16.6. The van der Waals surface area contributed by atoms with Gasteiger partial charge in [-0.05, 0) is 37.3 Å². The molecule has 0 aromatic heterocycles. The molecule has 2 rings (SSSR count). The molecule has 1 aliphatic carbocycles. The average Bonchev–Trinajstić information content (AvgIpc) is 2.60. The molecule has 0 heterocycles. The highest BCUT2D eigenvalue weighted by Gasteiger charge is 2.44. The van der Waals surface area contributed by atoms with Gasteiger partial charge >= 0.3 is 11.9 Å². The number of phenols is 1. The molecule has 142 valence electrons. The molecule has 0 amide bonds. The van der Waals surface area contributed by atoms with Crippen molar-refractivity contribution in [3.8, 4) is 5.75 Å². The zero-order valence-electron chi connectivity index (χ0n) is 15.6. The van der Waals surface area contributed by atoms with Crippen LogP contribution in [0.25, 0.3) is 0 Å². The maximum absolute atomic E-state index is 12.2. The Kier molecular flexibility index (Phi) is 6.29. The van der Waals surface area contributed by atoms with E-state index in [2.05, 4.69) is 0 Å². The summed E-state index contributed by atoms with van der Waals surface area (Å²) < 4.78 is 5.84. The standard InChI is InChI=1S/C20H27NO5/c1-4-20(26-19(25)11-10-18(23)24)12-6-5-7-16(20)15-9-8-14(22)13-17(15)21(2)3/h8-11,13,16,22H,4-7,12H2,1-3H3,(H,23,24). The fourth-order valence-electron chi connectivity index (χ4n) is 3.85. The lowest BCUT2D eigenvalue weighted by molar-refractivity contribution is -0.160. The van der Waals surface area contributed by atoms with Crippen LogP contribution in [0.3, 0.4) is 0 Å². The molecule has 1 saturated carbocycles. The summed E-state index contributed by atoms with van der Waals surface area (Å²) in [4.78, 5) is 24.8. The second-order valence-corrected chi connectivity index (χ2v) is 6.95. The van der Waals surface area contributed by atoms with Crippen molar-refractivity contribution in [2.75, 3.05) is 19.0 Å². The number of carbonyl (C=O) groups excluding carboxylic acids is 1. The average molecular weight is 361 g/mol. The Labute approximate surface area is 154 Å². The smallest absolute Gasteiger partial charge is 0.331 e. The Morgan fingerprint density at radius 2 is 2.04 bits per heavy atom. The molecule has 6 nitrogen and oxygen atoms in total. The van der Waals surface area contributed by atoms with Crippen LogP contribution in [0.15, 0.2) is 30.4 Å². The van der Waals surface area contributed by atoms with E-state index in [0.717, 1.165) is 49.1 Å². The van der Waals surface area contributed by atoms with E-state index in [0.29, 0.717) is 6.42 Å². The van der Waals surface area contributed by atoms with E-state index in [1.807, 2.05) is 32.0 Å². The minimum atomic E-state index is -1.18. The van der Waals surface area contributed by atoms with E-state index < -0.39 is 17.5 Å². The Morgan fingerprint density at radius 3 is 2.65 bits per heavy atom. The molecule has 0 bridgehead atoms. The molecule has 1 aromatic carbocycles. The number of hydrogen-bond acceptors (Lipinski definition) is 5. The van der Waals surface area contributed by atoms with Gasteiger partial charge in [-0.25, -0.2) is 9.59 Å². The summed E-state index contributed by atoms with van der Waals surface area (Å²) in [5.41, 5.74) is 1.25. The van der Waals surface area contributed by atoms with Gasteiger partial charge in [0, 0.05) is 43.9 Å². The first-order chi connectivity index (χ1) is 12.3. The lowest BCUT2D eigenvalue weighted by Crippen LogP contribution is -2.43. The van der Waals surface area contributed by atoms with Crippen molar-refractivity contribution in [2.24, 2.45) is 0 Å². The van der Waals surface area contributed by atoms with Crippen molar-refractivity contribution >= 4 is 17.6 Å². The van der Waals surface area contributed by atoms with Gasteiger partial charge in [-0.15, -0.1) is 0 Å². The van der Waals surface area contributed by atoms with Crippen LogP contribution in [-0.4, -0.2) is 41.8 Å². The highest BCUT2D eigenvalue weighted by molar-refractivity contribution is 5.91. The van der Waals surface area contributed by atoms with Crippen molar-refractivity contribution in [1.29, 1.82) is 0 Å². The maximum Gasteiger partial charge on any atom is 0.331 e. The molecule has 0 saturated heterocycles. The molecule has 0 radical (unpaired) electrons. The zero-order valence-corrected chi connectivity index (χ0v) is 15.6. The number of benzene rings is 1. The third-order valence-electron chi connectivity index (χ3n) is 5.11. The van der Waals surface area contributed by atoms with Gasteiger partial charge < -0.3 is 19.8 Å². The Bertz CT molecular complexity index is 697. The summed E-state index contributed by atoms with van der Waals surface area (Å²) in [6, 6.07) is 5.27. The molecule has 0 aliphatic heterocycles. The minimum Gasteiger partial charge on any atom is -0.508 e. The first kappa shape index (κ1) is 19.8. The number of esters is 1. The first-order valence-corrected chi connectivity index (χ1v) is 8.93. The molecular weight excluding hydrogens is 334 g/mol.